The van der Waals surface area contributed by atoms with Gasteiger partial charge < -0.3 is 14.8 Å². The zero-order chi connectivity index (χ0) is 23.8. The van der Waals surface area contributed by atoms with Crippen molar-refractivity contribution in [3.8, 4) is 5.75 Å². The van der Waals surface area contributed by atoms with Gasteiger partial charge in [0.15, 0.2) is 0 Å². The third-order valence-electron chi connectivity index (χ3n) is 7.51. The summed E-state index contributed by atoms with van der Waals surface area (Å²) in [4.78, 5) is 17.4. The molecule has 0 spiro atoms. The minimum atomic E-state index is -0.0607. The Kier molecular flexibility index (Phi) is 5.86. The van der Waals surface area contributed by atoms with Crippen LogP contribution in [-0.4, -0.2) is 24.1 Å². The van der Waals surface area contributed by atoms with Crippen molar-refractivity contribution in [1.82, 2.24) is 4.98 Å². The van der Waals surface area contributed by atoms with Crippen molar-refractivity contribution in [3.63, 3.8) is 0 Å². The van der Waals surface area contributed by atoms with Crippen molar-refractivity contribution in [2.45, 2.75) is 45.1 Å². The van der Waals surface area contributed by atoms with Crippen LogP contribution in [0.2, 0.25) is 0 Å². The molecule has 1 unspecified atom stereocenters. The van der Waals surface area contributed by atoms with Gasteiger partial charge in [0.25, 0.3) is 0 Å². The second kappa shape index (κ2) is 9.31. The Labute approximate surface area is 206 Å². The second-order valence-corrected chi connectivity index (χ2v) is 9.87. The maximum atomic E-state index is 12.8. The van der Waals surface area contributed by atoms with Gasteiger partial charge in [-0.05, 0) is 85.1 Å². The first kappa shape index (κ1) is 22.1. The van der Waals surface area contributed by atoms with Crippen LogP contribution in [0.4, 0.5) is 5.69 Å². The Balaban J connectivity index is 1.33. The van der Waals surface area contributed by atoms with E-state index in [9.17, 15) is 4.79 Å². The smallest absolute Gasteiger partial charge is 0.232 e. The molecule has 1 fully saturated rings. The molecule has 35 heavy (non-hydrogen) atoms. The van der Waals surface area contributed by atoms with E-state index < -0.39 is 0 Å². The Morgan fingerprint density at radius 2 is 1.94 bits per heavy atom. The molecule has 4 heterocycles. The zero-order valence-electron chi connectivity index (χ0n) is 20.0. The van der Waals surface area contributed by atoms with Crippen molar-refractivity contribution in [1.29, 1.82) is 0 Å². The summed E-state index contributed by atoms with van der Waals surface area (Å²) in [5.74, 6) is 1.60. The standard InChI is InChI=1S/C30H30N2O3/c1-19-4-7-24-26(22-3-2-12-31-28(22)18-35-29(24)15-19)16-21-6-8-23-25(30(33)32-27(23)17-21)9-5-20-10-13-34-14-11-20/h2-4,6-8,12,15-17,20,25H,5,9-11,13-14,18H2,1H3,(H,32,33)/b26-16+. The topological polar surface area (TPSA) is 60.5 Å². The summed E-state index contributed by atoms with van der Waals surface area (Å²) in [6.07, 6.45) is 8.18. The van der Waals surface area contributed by atoms with E-state index in [-0.39, 0.29) is 11.8 Å². The van der Waals surface area contributed by atoms with Crippen LogP contribution in [-0.2, 0) is 16.1 Å². The molecule has 1 aromatic heterocycles. The molecule has 0 saturated carbocycles. The highest BCUT2D eigenvalue weighted by molar-refractivity contribution is 6.03. The normalized spacial score (nSPS) is 20.4. The third-order valence-corrected chi connectivity index (χ3v) is 7.51. The molecule has 2 aromatic carbocycles. The fraction of sp³-hybridized carbons (Fsp3) is 0.333. The molecule has 5 nitrogen and oxygen atoms in total. The van der Waals surface area contributed by atoms with E-state index in [1.807, 2.05) is 12.3 Å². The minimum absolute atomic E-state index is 0.0607. The van der Waals surface area contributed by atoms with E-state index in [0.717, 1.165) is 89.4 Å². The largest absolute Gasteiger partial charge is 0.487 e. The molecule has 1 amide bonds. The van der Waals surface area contributed by atoms with Gasteiger partial charge in [-0.2, -0.15) is 0 Å². The average molecular weight is 467 g/mol. The van der Waals surface area contributed by atoms with E-state index in [0.29, 0.717) is 12.5 Å². The van der Waals surface area contributed by atoms with E-state index in [1.54, 1.807) is 0 Å². The van der Waals surface area contributed by atoms with Crippen LogP contribution < -0.4 is 10.1 Å². The third kappa shape index (κ3) is 4.37. The molecule has 3 aliphatic heterocycles. The average Bonchev–Trinajstić information content (AvgIpc) is 3.11. The highest BCUT2D eigenvalue weighted by atomic mass is 16.5. The van der Waals surface area contributed by atoms with Crippen LogP contribution in [0.25, 0.3) is 11.6 Å². The molecule has 3 aliphatic rings. The van der Waals surface area contributed by atoms with Crippen LogP contribution in [0.15, 0.2) is 54.7 Å². The van der Waals surface area contributed by atoms with Crippen LogP contribution in [0, 0.1) is 12.8 Å². The lowest BCUT2D eigenvalue weighted by Crippen LogP contribution is -2.18. The Morgan fingerprint density at radius 1 is 1.06 bits per heavy atom. The summed E-state index contributed by atoms with van der Waals surface area (Å²) in [6.45, 7) is 4.22. The monoisotopic (exact) mass is 466 g/mol. The number of hydrogen-bond donors (Lipinski definition) is 1. The Bertz CT molecular complexity index is 1310. The first-order valence-corrected chi connectivity index (χ1v) is 12.6. The lowest BCUT2D eigenvalue weighted by Gasteiger charge is -2.22. The number of nitrogens with zero attached hydrogens (tertiary/aromatic N) is 1. The summed E-state index contributed by atoms with van der Waals surface area (Å²) < 4.78 is 11.6. The van der Waals surface area contributed by atoms with Crippen molar-refractivity contribution in [2.24, 2.45) is 5.92 Å². The molecule has 0 bridgehead atoms. The van der Waals surface area contributed by atoms with Gasteiger partial charge >= 0.3 is 0 Å². The van der Waals surface area contributed by atoms with Crippen molar-refractivity contribution in [3.05, 3.63) is 88.2 Å². The highest BCUT2D eigenvalue weighted by Crippen LogP contribution is 2.41. The maximum Gasteiger partial charge on any atom is 0.232 e. The number of amides is 1. The molecule has 1 saturated heterocycles. The second-order valence-electron chi connectivity index (χ2n) is 9.87. The molecule has 3 aromatic rings. The van der Waals surface area contributed by atoms with Gasteiger partial charge in [-0.1, -0.05) is 30.3 Å². The number of anilines is 1. The first-order valence-electron chi connectivity index (χ1n) is 12.6. The lowest BCUT2D eigenvalue weighted by molar-refractivity contribution is -0.117. The van der Waals surface area contributed by atoms with Gasteiger partial charge in [-0.15, -0.1) is 0 Å². The van der Waals surface area contributed by atoms with E-state index in [4.69, 9.17) is 9.47 Å². The molecule has 0 aliphatic carbocycles. The number of nitrogens with one attached hydrogen (secondary N) is 1. The molecule has 5 heteroatoms. The van der Waals surface area contributed by atoms with E-state index in [2.05, 4.69) is 65.8 Å². The quantitative estimate of drug-likeness (QED) is 0.504. The number of aryl methyl sites for hydroxylation is 1. The van der Waals surface area contributed by atoms with Crippen molar-refractivity contribution >= 4 is 23.2 Å². The Morgan fingerprint density at radius 3 is 2.83 bits per heavy atom. The number of carbonyl (C=O) groups excluding carboxylic acids is 1. The molecule has 178 valence electrons. The van der Waals surface area contributed by atoms with E-state index >= 15 is 0 Å². The van der Waals surface area contributed by atoms with Gasteiger partial charge in [0, 0.05) is 36.2 Å². The molecule has 0 radical (unpaired) electrons. The van der Waals surface area contributed by atoms with Gasteiger partial charge in [-0.3, -0.25) is 9.78 Å². The van der Waals surface area contributed by atoms with Crippen LogP contribution in [0.1, 0.15) is 65.1 Å². The van der Waals surface area contributed by atoms with Crippen LogP contribution in [0.3, 0.4) is 0 Å². The fourth-order valence-electron chi connectivity index (χ4n) is 5.54. The Hall–Kier alpha value is -3.44. The number of rotatable bonds is 4. The van der Waals surface area contributed by atoms with Crippen LogP contribution in [0.5, 0.6) is 5.75 Å². The maximum absolute atomic E-state index is 12.8. The lowest BCUT2D eigenvalue weighted by atomic mass is 9.87. The summed E-state index contributed by atoms with van der Waals surface area (Å²) in [7, 11) is 0. The van der Waals surface area contributed by atoms with Gasteiger partial charge in [0.2, 0.25) is 5.91 Å². The zero-order valence-corrected chi connectivity index (χ0v) is 20.0. The van der Waals surface area contributed by atoms with Crippen LogP contribution >= 0.6 is 0 Å². The first-order chi connectivity index (χ1) is 17.2. The van der Waals surface area contributed by atoms with E-state index in [1.165, 1.54) is 0 Å². The summed E-state index contributed by atoms with van der Waals surface area (Å²) in [6, 6.07) is 16.8. The summed E-state index contributed by atoms with van der Waals surface area (Å²) in [5.41, 5.74) is 8.40. The highest BCUT2D eigenvalue weighted by Gasteiger charge is 2.31. The predicted octanol–water partition coefficient (Wildman–Crippen LogP) is 6.11. The van der Waals surface area contributed by atoms with Crippen molar-refractivity contribution in [2.75, 3.05) is 18.5 Å². The molecule has 6 rings (SSSR count). The number of pyridine rings is 1. The SMILES string of the molecule is Cc1ccc2c(c1)OCc1ncccc1/C2=C\c1ccc2c(c1)NC(=O)C2CCC1CCOCC1. The molecular formula is C30H30N2O3. The number of aromatic nitrogens is 1. The van der Waals surface area contributed by atoms with Gasteiger partial charge in [-0.25, -0.2) is 0 Å². The number of carbonyl (C=O) groups is 1. The summed E-state index contributed by atoms with van der Waals surface area (Å²) in [5, 5.41) is 3.14. The molecular weight excluding hydrogens is 436 g/mol. The summed E-state index contributed by atoms with van der Waals surface area (Å²) >= 11 is 0. The number of benzene rings is 2. The van der Waals surface area contributed by atoms with Gasteiger partial charge in [0.1, 0.15) is 12.4 Å². The number of fused-ring (bicyclic) bond motifs is 3. The molecule has 1 atom stereocenters. The number of hydrogen-bond acceptors (Lipinski definition) is 4. The molecule has 1 N–H and O–H groups in total. The number of ether oxygens (including phenoxy) is 2. The minimum Gasteiger partial charge on any atom is -0.487 e. The van der Waals surface area contributed by atoms with Gasteiger partial charge in [0.05, 0.1) is 11.6 Å². The predicted molar refractivity (Wildman–Crippen MR) is 137 cm³/mol. The fourth-order valence-corrected chi connectivity index (χ4v) is 5.54. The van der Waals surface area contributed by atoms with Crippen molar-refractivity contribution < 1.29 is 14.3 Å².